The van der Waals surface area contributed by atoms with Crippen LogP contribution < -0.4 is 5.73 Å². The molecule has 0 saturated carbocycles. The Bertz CT molecular complexity index is 1300. The SMILES string of the molecule is CN(C)CCc1c[nH]c2ccc(Cc3[nH]c4ccc(CN(C)/N=C\N)cc4c3CCN(C)C)cc12. The Kier molecular flexibility index (Phi) is 7.78. The highest BCUT2D eigenvalue weighted by Gasteiger charge is 2.14. The molecule has 186 valence electrons. The second kappa shape index (κ2) is 11.0. The molecule has 35 heavy (non-hydrogen) atoms. The Balaban J connectivity index is 1.67. The van der Waals surface area contributed by atoms with E-state index in [0.29, 0.717) is 0 Å². The summed E-state index contributed by atoms with van der Waals surface area (Å²) in [6.45, 7) is 2.77. The van der Waals surface area contributed by atoms with Crippen LogP contribution in [0.3, 0.4) is 0 Å². The number of likely N-dealkylation sites (N-methyl/N-ethyl adjacent to an activating group) is 2. The summed E-state index contributed by atoms with van der Waals surface area (Å²) in [5.74, 6) is 0. The molecule has 0 saturated heterocycles. The Morgan fingerprint density at radius 1 is 0.857 bits per heavy atom. The molecule has 0 aliphatic heterocycles. The molecule has 0 atom stereocenters. The van der Waals surface area contributed by atoms with Crippen molar-refractivity contribution < 1.29 is 0 Å². The van der Waals surface area contributed by atoms with Crippen LogP contribution in [-0.4, -0.2) is 79.4 Å². The number of nitrogens with one attached hydrogen (secondary N) is 2. The third-order valence-electron chi connectivity index (χ3n) is 6.58. The quantitative estimate of drug-likeness (QED) is 0.176. The van der Waals surface area contributed by atoms with Crippen LogP contribution in [0.2, 0.25) is 0 Å². The van der Waals surface area contributed by atoms with E-state index in [1.165, 1.54) is 56.1 Å². The second-order valence-corrected chi connectivity index (χ2v) is 10.0. The van der Waals surface area contributed by atoms with Crippen LogP contribution in [0.25, 0.3) is 21.8 Å². The van der Waals surface area contributed by atoms with Gasteiger partial charge in [-0.2, -0.15) is 5.10 Å². The van der Waals surface area contributed by atoms with Crippen molar-refractivity contribution in [3.8, 4) is 0 Å². The smallest absolute Gasteiger partial charge is 0.106 e. The van der Waals surface area contributed by atoms with Crippen LogP contribution >= 0.6 is 0 Å². The van der Waals surface area contributed by atoms with Crippen molar-refractivity contribution in [2.24, 2.45) is 10.8 Å². The third-order valence-corrected chi connectivity index (χ3v) is 6.58. The van der Waals surface area contributed by atoms with E-state index >= 15 is 0 Å². The standard InChI is InChI=1S/C28H39N7/c1-33(2)12-10-22-17-30-26-8-6-20(14-24(22)26)16-28-23(11-13-34(3)4)25-15-21(7-9-27(25)32-28)18-35(5)31-19-29/h6-9,14-15,17,19,30,32H,10-13,16,18H2,1-5H3,(H2,29,31). The summed E-state index contributed by atoms with van der Waals surface area (Å²) in [5, 5.41) is 8.65. The van der Waals surface area contributed by atoms with Gasteiger partial charge in [0.2, 0.25) is 0 Å². The zero-order valence-electron chi connectivity index (χ0n) is 21.7. The fourth-order valence-electron chi connectivity index (χ4n) is 4.73. The lowest BCUT2D eigenvalue weighted by Gasteiger charge is -2.13. The van der Waals surface area contributed by atoms with E-state index in [-0.39, 0.29) is 0 Å². The number of benzene rings is 2. The van der Waals surface area contributed by atoms with Gasteiger partial charge in [0.25, 0.3) is 0 Å². The Labute approximate surface area is 208 Å². The first-order valence-corrected chi connectivity index (χ1v) is 12.3. The minimum atomic E-state index is 0.719. The Hall–Kier alpha value is -3.29. The number of hydrogen-bond acceptors (Lipinski definition) is 4. The maximum absolute atomic E-state index is 5.46. The number of rotatable bonds is 11. The minimum absolute atomic E-state index is 0.719. The lowest BCUT2D eigenvalue weighted by Crippen LogP contribution is -2.15. The molecule has 0 amide bonds. The van der Waals surface area contributed by atoms with Gasteiger partial charge in [0, 0.05) is 60.3 Å². The molecule has 2 aromatic carbocycles. The third kappa shape index (κ3) is 6.05. The van der Waals surface area contributed by atoms with Crippen LogP contribution in [0.1, 0.15) is 27.9 Å². The number of hydrazone groups is 1. The summed E-state index contributed by atoms with van der Waals surface area (Å²) < 4.78 is 0. The summed E-state index contributed by atoms with van der Waals surface area (Å²) >= 11 is 0. The van der Waals surface area contributed by atoms with Gasteiger partial charge in [0.1, 0.15) is 6.34 Å². The van der Waals surface area contributed by atoms with Crippen LogP contribution in [0.15, 0.2) is 47.7 Å². The van der Waals surface area contributed by atoms with Gasteiger partial charge in [-0.1, -0.05) is 12.1 Å². The summed E-state index contributed by atoms with van der Waals surface area (Å²) in [7, 11) is 10.5. The first-order chi connectivity index (χ1) is 16.8. The lowest BCUT2D eigenvalue weighted by atomic mass is 9.99. The number of aromatic amines is 2. The van der Waals surface area contributed by atoms with E-state index in [0.717, 1.165) is 38.9 Å². The molecule has 0 spiro atoms. The maximum Gasteiger partial charge on any atom is 0.106 e. The fourth-order valence-corrected chi connectivity index (χ4v) is 4.73. The van der Waals surface area contributed by atoms with Crippen LogP contribution in [-0.2, 0) is 25.8 Å². The molecule has 2 aromatic heterocycles. The topological polar surface area (TPSA) is 79.7 Å². The predicted octanol–water partition coefficient (Wildman–Crippen LogP) is 3.78. The van der Waals surface area contributed by atoms with Gasteiger partial charge in [-0.25, -0.2) is 0 Å². The molecule has 0 unspecified atom stereocenters. The van der Waals surface area contributed by atoms with Crippen molar-refractivity contribution in [2.45, 2.75) is 25.8 Å². The Morgan fingerprint density at radius 2 is 1.54 bits per heavy atom. The molecule has 0 bridgehead atoms. The van der Waals surface area contributed by atoms with Crippen molar-refractivity contribution in [3.63, 3.8) is 0 Å². The van der Waals surface area contributed by atoms with Gasteiger partial charge in [0.05, 0.1) is 6.54 Å². The van der Waals surface area contributed by atoms with Crippen LogP contribution in [0.5, 0.6) is 0 Å². The number of fused-ring (bicyclic) bond motifs is 2. The number of aromatic nitrogens is 2. The average Bonchev–Trinajstić information content (AvgIpc) is 3.36. The largest absolute Gasteiger partial charge is 0.388 e. The van der Waals surface area contributed by atoms with Crippen LogP contribution in [0.4, 0.5) is 0 Å². The summed E-state index contributed by atoms with van der Waals surface area (Å²) in [6, 6.07) is 13.5. The molecule has 0 radical (unpaired) electrons. The summed E-state index contributed by atoms with van der Waals surface area (Å²) in [5.41, 5.74) is 14.5. The van der Waals surface area contributed by atoms with Crippen molar-refractivity contribution in [1.29, 1.82) is 0 Å². The monoisotopic (exact) mass is 473 g/mol. The molecule has 7 heteroatoms. The number of H-pyrrole nitrogens is 2. The molecule has 0 aliphatic carbocycles. The molecular formula is C28H39N7. The lowest BCUT2D eigenvalue weighted by molar-refractivity contribution is 0.348. The van der Waals surface area contributed by atoms with E-state index in [1.807, 2.05) is 12.1 Å². The van der Waals surface area contributed by atoms with Crippen LogP contribution in [0, 0.1) is 0 Å². The van der Waals surface area contributed by atoms with Crippen molar-refractivity contribution in [2.75, 3.05) is 48.3 Å². The molecular weight excluding hydrogens is 434 g/mol. The first kappa shape index (κ1) is 24.8. The highest BCUT2D eigenvalue weighted by atomic mass is 15.4. The van der Waals surface area contributed by atoms with Crippen molar-refractivity contribution in [1.82, 2.24) is 24.8 Å². The molecule has 7 nitrogen and oxygen atoms in total. The van der Waals surface area contributed by atoms with Gasteiger partial charge in [-0.05, 0) is 87.6 Å². The molecule has 0 aliphatic rings. The normalized spacial score (nSPS) is 12.2. The summed E-state index contributed by atoms with van der Waals surface area (Å²) in [6.07, 6.45) is 6.43. The molecule has 0 fully saturated rings. The van der Waals surface area contributed by atoms with E-state index in [9.17, 15) is 0 Å². The van der Waals surface area contributed by atoms with Gasteiger partial charge in [-0.3, -0.25) is 5.01 Å². The van der Waals surface area contributed by atoms with Gasteiger partial charge in [-0.15, -0.1) is 0 Å². The first-order valence-electron chi connectivity index (χ1n) is 12.3. The zero-order chi connectivity index (χ0) is 24.9. The minimum Gasteiger partial charge on any atom is -0.388 e. The number of hydrogen-bond donors (Lipinski definition) is 3. The molecule has 4 aromatic rings. The van der Waals surface area contributed by atoms with E-state index in [1.54, 1.807) is 0 Å². The van der Waals surface area contributed by atoms with E-state index in [2.05, 4.69) is 95.7 Å². The van der Waals surface area contributed by atoms with E-state index < -0.39 is 0 Å². The molecule has 4 N–H and O–H groups in total. The highest BCUT2D eigenvalue weighted by Crippen LogP contribution is 2.28. The van der Waals surface area contributed by atoms with Crippen molar-refractivity contribution in [3.05, 3.63) is 70.5 Å². The molecule has 4 rings (SSSR count). The average molecular weight is 474 g/mol. The maximum atomic E-state index is 5.46. The van der Waals surface area contributed by atoms with Gasteiger partial charge < -0.3 is 25.5 Å². The predicted molar refractivity (Wildman–Crippen MR) is 148 cm³/mol. The van der Waals surface area contributed by atoms with E-state index in [4.69, 9.17) is 5.73 Å². The molecule has 2 heterocycles. The van der Waals surface area contributed by atoms with Crippen molar-refractivity contribution >= 4 is 28.1 Å². The second-order valence-electron chi connectivity index (χ2n) is 10.0. The van der Waals surface area contributed by atoms with Gasteiger partial charge in [0.15, 0.2) is 0 Å². The number of nitrogens with zero attached hydrogens (tertiary/aromatic N) is 4. The number of nitrogens with two attached hydrogens (primary N) is 1. The summed E-state index contributed by atoms with van der Waals surface area (Å²) in [4.78, 5) is 11.7. The zero-order valence-corrected chi connectivity index (χ0v) is 21.7. The fraction of sp³-hybridized carbons (Fsp3) is 0.393. The highest BCUT2D eigenvalue weighted by molar-refractivity contribution is 5.86. The Morgan fingerprint density at radius 3 is 2.29 bits per heavy atom. The van der Waals surface area contributed by atoms with Gasteiger partial charge >= 0.3 is 0 Å².